The van der Waals surface area contributed by atoms with Crippen LogP contribution in [-0.2, 0) is 9.59 Å². The first kappa shape index (κ1) is 17.8. The molecule has 26 heavy (non-hydrogen) atoms. The number of H-pyrrole nitrogens is 1. The van der Waals surface area contributed by atoms with Crippen molar-refractivity contribution in [3.63, 3.8) is 0 Å². The maximum atomic E-state index is 11.9. The molecular weight excluding hydrogens is 400 g/mol. The molecule has 0 fully saturated rings. The van der Waals surface area contributed by atoms with Crippen molar-refractivity contribution in [2.24, 2.45) is 10.2 Å². The summed E-state index contributed by atoms with van der Waals surface area (Å²) in [5.74, 6) is -0.993. The molecule has 2 amide bonds. The summed E-state index contributed by atoms with van der Waals surface area (Å²) < 4.78 is 0.810. The van der Waals surface area contributed by atoms with Crippen LogP contribution in [0.25, 0.3) is 10.9 Å². The molecule has 7 nitrogen and oxygen atoms in total. The van der Waals surface area contributed by atoms with E-state index in [9.17, 15) is 14.7 Å². The third-order valence-corrected chi connectivity index (χ3v) is 4.09. The van der Waals surface area contributed by atoms with E-state index in [-0.39, 0.29) is 30.3 Å². The Labute approximate surface area is 157 Å². The molecule has 0 bridgehead atoms. The molecule has 3 rings (SSSR count). The van der Waals surface area contributed by atoms with Gasteiger partial charge in [-0.2, -0.15) is 0 Å². The van der Waals surface area contributed by atoms with Crippen LogP contribution in [0.5, 0.6) is 5.88 Å². The molecule has 0 aliphatic heterocycles. The summed E-state index contributed by atoms with van der Waals surface area (Å²) in [4.78, 5) is 26.5. The lowest BCUT2D eigenvalue weighted by Gasteiger charge is -2.03. The second-order valence-corrected chi connectivity index (χ2v) is 6.44. The van der Waals surface area contributed by atoms with E-state index in [2.05, 4.69) is 36.5 Å². The van der Waals surface area contributed by atoms with E-state index >= 15 is 0 Å². The minimum atomic E-state index is -0.544. The topological polar surface area (TPSA) is 107 Å². The van der Waals surface area contributed by atoms with Gasteiger partial charge < -0.3 is 15.4 Å². The average molecular weight is 415 g/mol. The number of hydrogen-bond donors (Lipinski definition) is 3. The first-order valence-electron chi connectivity index (χ1n) is 7.82. The number of hydrogen-bond acceptors (Lipinski definition) is 4. The molecular formula is C18H15BrN4O3. The van der Waals surface area contributed by atoms with Crippen molar-refractivity contribution >= 4 is 50.0 Å². The number of carbonyl (C=O) groups excluding carboxylic acids is 2. The van der Waals surface area contributed by atoms with Gasteiger partial charge in [0.1, 0.15) is 0 Å². The van der Waals surface area contributed by atoms with E-state index in [0.717, 1.165) is 4.47 Å². The summed E-state index contributed by atoms with van der Waals surface area (Å²) in [5, 5.41) is 20.7. The largest absolute Gasteiger partial charge is 0.493 e. The highest BCUT2D eigenvalue weighted by molar-refractivity contribution is 9.10. The molecule has 3 N–H and O–H groups in total. The van der Waals surface area contributed by atoms with Crippen molar-refractivity contribution in [3.05, 3.63) is 53.0 Å². The highest BCUT2D eigenvalue weighted by Crippen LogP contribution is 2.36. The fourth-order valence-electron chi connectivity index (χ4n) is 2.36. The van der Waals surface area contributed by atoms with Crippen LogP contribution in [0.15, 0.2) is 63.2 Å². The third kappa shape index (κ3) is 4.34. The smallest absolute Gasteiger partial charge is 0.265 e. The summed E-state index contributed by atoms with van der Waals surface area (Å²) in [5.41, 5.74) is 1.53. The molecule has 0 aliphatic rings. The predicted octanol–water partition coefficient (Wildman–Crippen LogP) is 4.67. The van der Waals surface area contributed by atoms with Crippen molar-refractivity contribution in [2.75, 3.05) is 5.32 Å². The summed E-state index contributed by atoms with van der Waals surface area (Å²) in [6.07, 6.45) is -0.0762. The number of aromatic amines is 1. The van der Waals surface area contributed by atoms with Crippen molar-refractivity contribution in [1.29, 1.82) is 0 Å². The van der Waals surface area contributed by atoms with Gasteiger partial charge in [0.05, 0.1) is 5.52 Å². The number of anilines is 1. The maximum absolute atomic E-state index is 11.9. The minimum Gasteiger partial charge on any atom is -0.493 e. The lowest BCUT2D eigenvalue weighted by Crippen LogP contribution is -2.12. The van der Waals surface area contributed by atoms with E-state index in [4.69, 9.17) is 0 Å². The quantitative estimate of drug-likeness (QED) is 0.528. The Bertz CT molecular complexity index is 983. The van der Waals surface area contributed by atoms with Crippen LogP contribution < -0.4 is 5.32 Å². The first-order valence-corrected chi connectivity index (χ1v) is 8.62. The standard InChI is InChI=1S/C18H15BrN4O3/c19-11-6-7-14-13(10-11)17(18(26)21-14)23-22-16(25)9-8-15(24)20-12-4-2-1-3-5-12/h1-7,10,21,26H,8-9H2,(H,20,24). The molecule has 8 heteroatoms. The zero-order chi connectivity index (χ0) is 18.5. The molecule has 0 unspecified atom stereocenters. The maximum Gasteiger partial charge on any atom is 0.265 e. The SMILES string of the molecule is O=C(CCC(=O)Nc1ccccc1)N=Nc1c(O)[nH]c2ccc(Br)cc12. The second-order valence-electron chi connectivity index (χ2n) is 5.52. The fraction of sp³-hybridized carbons (Fsp3) is 0.111. The van der Waals surface area contributed by atoms with E-state index < -0.39 is 5.91 Å². The molecule has 1 heterocycles. The highest BCUT2D eigenvalue weighted by atomic mass is 79.9. The van der Waals surface area contributed by atoms with Crippen molar-refractivity contribution in [2.45, 2.75) is 12.8 Å². The summed E-state index contributed by atoms with van der Waals surface area (Å²) >= 11 is 3.34. The van der Waals surface area contributed by atoms with Crippen LogP contribution in [-0.4, -0.2) is 21.9 Å². The Kier molecular flexibility index (Phi) is 5.43. The molecule has 132 valence electrons. The number of rotatable bonds is 5. The zero-order valence-electron chi connectivity index (χ0n) is 13.6. The number of halogens is 1. The van der Waals surface area contributed by atoms with Crippen molar-refractivity contribution in [3.8, 4) is 5.88 Å². The molecule has 0 spiro atoms. The normalized spacial score (nSPS) is 11.1. The molecule has 0 atom stereocenters. The lowest BCUT2D eigenvalue weighted by molar-refractivity contribution is -0.122. The van der Waals surface area contributed by atoms with Gasteiger partial charge in [0.2, 0.25) is 11.8 Å². The van der Waals surface area contributed by atoms with E-state index in [1.54, 1.807) is 36.4 Å². The van der Waals surface area contributed by atoms with Crippen LogP contribution in [0.4, 0.5) is 11.4 Å². The fourth-order valence-corrected chi connectivity index (χ4v) is 2.72. The van der Waals surface area contributed by atoms with E-state index in [0.29, 0.717) is 16.6 Å². The number of aromatic hydroxyl groups is 1. The number of aromatic nitrogens is 1. The van der Waals surface area contributed by atoms with Crippen LogP contribution in [0.3, 0.4) is 0 Å². The Morgan fingerprint density at radius 1 is 1.12 bits per heavy atom. The van der Waals surface area contributed by atoms with Crippen LogP contribution in [0, 0.1) is 0 Å². The third-order valence-electron chi connectivity index (χ3n) is 3.60. The van der Waals surface area contributed by atoms with Gasteiger partial charge >= 0.3 is 0 Å². The number of carbonyl (C=O) groups is 2. The van der Waals surface area contributed by atoms with Gasteiger partial charge in [0, 0.05) is 28.4 Å². The molecule has 3 aromatic rings. The average Bonchev–Trinajstić information content (AvgIpc) is 2.93. The lowest BCUT2D eigenvalue weighted by atomic mass is 10.2. The second kappa shape index (κ2) is 7.92. The summed E-state index contributed by atoms with van der Waals surface area (Å²) in [6.45, 7) is 0. The predicted molar refractivity (Wildman–Crippen MR) is 101 cm³/mol. The zero-order valence-corrected chi connectivity index (χ0v) is 15.2. The van der Waals surface area contributed by atoms with Gasteiger partial charge in [-0.15, -0.1) is 10.2 Å². The number of benzene rings is 2. The van der Waals surface area contributed by atoms with Crippen LogP contribution in [0.1, 0.15) is 12.8 Å². The minimum absolute atomic E-state index is 0.00182. The number of nitrogens with one attached hydrogen (secondary N) is 2. The molecule has 1 aromatic heterocycles. The Morgan fingerprint density at radius 3 is 2.65 bits per heavy atom. The molecule has 0 aliphatic carbocycles. The first-order chi connectivity index (χ1) is 12.5. The molecule has 2 aromatic carbocycles. The number of para-hydroxylation sites is 1. The number of amides is 2. The van der Waals surface area contributed by atoms with Gasteiger partial charge in [-0.05, 0) is 30.3 Å². The van der Waals surface area contributed by atoms with Crippen molar-refractivity contribution < 1.29 is 14.7 Å². The van der Waals surface area contributed by atoms with Gasteiger partial charge in [0.15, 0.2) is 5.69 Å². The Hall–Kier alpha value is -3.00. The Morgan fingerprint density at radius 2 is 1.88 bits per heavy atom. The number of fused-ring (bicyclic) bond motifs is 1. The van der Waals surface area contributed by atoms with Gasteiger partial charge in [-0.25, -0.2) is 0 Å². The summed E-state index contributed by atoms with van der Waals surface area (Å²) in [6, 6.07) is 14.3. The molecule has 0 saturated heterocycles. The molecule has 0 radical (unpaired) electrons. The van der Waals surface area contributed by atoms with Crippen molar-refractivity contribution in [1.82, 2.24) is 4.98 Å². The monoisotopic (exact) mass is 414 g/mol. The van der Waals surface area contributed by atoms with Gasteiger partial charge in [-0.3, -0.25) is 9.59 Å². The number of nitrogens with zero attached hydrogens (tertiary/aromatic N) is 2. The van der Waals surface area contributed by atoms with Crippen LogP contribution in [0.2, 0.25) is 0 Å². The van der Waals surface area contributed by atoms with E-state index in [1.807, 2.05) is 12.1 Å². The number of azo groups is 1. The van der Waals surface area contributed by atoms with Crippen LogP contribution >= 0.6 is 15.9 Å². The summed E-state index contributed by atoms with van der Waals surface area (Å²) in [7, 11) is 0. The van der Waals surface area contributed by atoms with E-state index in [1.165, 1.54) is 0 Å². The Balaban J connectivity index is 1.60. The highest BCUT2D eigenvalue weighted by Gasteiger charge is 2.12. The van der Waals surface area contributed by atoms with Gasteiger partial charge in [-0.1, -0.05) is 34.1 Å². The molecule has 0 saturated carbocycles. The van der Waals surface area contributed by atoms with Gasteiger partial charge in [0.25, 0.3) is 5.91 Å².